The van der Waals surface area contributed by atoms with E-state index in [9.17, 15) is 44.6 Å². The van der Waals surface area contributed by atoms with E-state index in [1.807, 2.05) is 0 Å². The van der Waals surface area contributed by atoms with Crippen LogP contribution in [0.2, 0.25) is 0 Å². The number of unbranched alkanes of at least 4 members (excludes halogenated alkanes) is 7. The molecule has 0 saturated heterocycles. The molecule has 0 amide bonds. The minimum atomic E-state index is -5.10. The van der Waals surface area contributed by atoms with E-state index in [0.717, 1.165) is 64.2 Å². The maximum absolute atomic E-state index is 12.6. The van der Waals surface area contributed by atoms with Gasteiger partial charge in [0.05, 0.1) is 6.61 Å². The Morgan fingerprint density at radius 1 is 0.681 bits per heavy atom. The van der Waals surface area contributed by atoms with Crippen LogP contribution in [0.15, 0.2) is 36.5 Å². The van der Waals surface area contributed by atoms with Crippen molar-refractivity contribution < 1.29 is 63.1 Å². The average Bonchev–Trinajstić information content (AvgIpc) is 3.04. The summed E-state index contributed by atoms with van der Waals surface area (Å²) in [7, 11) is -5.10. The quantitative estimate of drug-likeness (QED) is 0.0347. The number of phosphoric acid groups is 1. The number of ether oxygens (including phenoxy) is 2. The molecule has 0 radical (unpaired) electrons. The number of allylic oxidation sites excluding steroid dienone is 6. The Morgan fingerprint density at radius 3 is 1.83 bits per heavy atom. The van der Waals surface area contributed by atoms with Gasteiger partial charge in [-0.15, -0.1) is 0 Å². The maximum Gasteiger partial charge on any atom is 0.472 e. The highest BCUT2D eigenvalue weighted by molar-refractivity contribution is 7.47. The van der Waals surface area contributed by atoms with E-state index in [0.29, 0.717) is 12.8 Å². The molecule has 0 aromatic rings. The summed E-state index contributed by atoms with van der Waals surface area (Å²) in [5, 5.41) is 49.6. The molecule has 6 N–H and O–H groups in total. The van der Waals surface area contributed by atoms with Crippen molar-refractivity contribution in [2.75, 3.05) is 13.2 Å². The number of rotatable bonds is 25. The first-order chi connectivity index (χ1) is 22.4. The molecular weight excluding hydrogens is 635 g/mol. The number of aliphatic hydroxyl groups is 5. The number of carbonyl (C=O) groups excluding carboxylic acids is 2. The predicted molar refractivity (Wildman–Crippen MR) is 175 cm³/mol. The molecule has 6 unspecified atom stereocenters. The van der Waals surface area contributed by atoms with Crippen LogP contribution in [-0.2, 0) is 32.7 Å². The number of hydrogen-bond acceptors (Lipinski definition) is 12. The highest BCUT2D eigenvalue weighted by Crippen LogP contribution is 2.47. The summed E-state index contributed by atoms with van der Waals surface area (Å²) in [5.74, 6) is -1.16. The van der Waals surface area contributed by atoms with Gasteiger partial charge in [-0.3, -0.25) is 18.6 Å². The number of carbonyl (C=O) groups is 2. The lowest BCUT2D eigenvalue weighted by Crippen LogP contribution is -2.64. The van der Waals surface area contributed by atoms with E-state index < -0.39 is 75.7 Å². The van der Waals surface area contributed by atoms with Crippen LogP contribution >= 0.6 is 7.82 Å². The minimum Gasteiger partial charge on any atom is -0.462 e. The second kappa shape index (κ2) is 25.1. The second-order valence-corrected chi connectivity index (χ2v) is 13.0. The molecular formula is C33H57O13P. The lowest BCUT2D eigenvalue weighted by Gasteiger charge is -2.41. The molecule has 0 aliphatic heterocycles. The first-order valence-corrected chi connectivity index (χ1v) is 18.3. The summed E-state index contributed by atoms with van der Waals surface area (Å²) < 4.78 is 33.0. The smallest absolute Gasteiger partial charge is 0.462 e. The minimum absolute atomic E-state index is 0.0610. The van der Waals surface area contributed by atoms with Gasteiger partial charge in [-0.2, -0.15) is 0 Å². The Hall–Kier alpha value is -1.93. The number of aliphatic hydroxyl groups excluding tert-OH is 5. The van der Waals surface area contributed by atoms with Crippen molar-refractivity contribution in [3.05, 3.63) is 36.5 Å². The van der Waals surface area contributed by atoms with Gasteiger partial charge >= 0.3 is 19.8 Å². The molecule has 1 saturated carbocycles. The van der Waals surface area contributed by atoms with Gasteiger partial charge in [0.1, 0.15) is 43.2 Å². The van der Waals surface area contributed by atoms with Gasteiger partial charge in [-0.1, -0.05) is 82.4 Å². The van der Waals surface area contributed by atoms with Crippen molar-refractivity contribution in [1.29, 1.82) is 0 Å². The zero-order valence-electron chi connectivity index (χ0n) is 27.8. The lowest BCUT2D eigenvalue weighted by molar-refractivity contribution is -0.220. The molecule has 0 spiro atoms. The Labute approximate surface area is 278 Å². The Kier molecular flexibility index (Phi) is 23.0. The SMILES string of the molecule is CC/C=C\C/C=C\C/C=C\CCCCCC(=O)OC(COC(=O)CCCCCCC)COP(=O)(O)OC1C(O)C(O)C(O)C(O)C1O. The van der Waals surface area contributed by atoms with Crippen LogP contribution in [0.5, 0.6) is 0 Å². The molecule has 1 rings (SSSR count). The molecule has 13 nitrogen and oxygen atoms in total. The molecule has 6 atom stereocenters. The molecule has 14 heteroatoms. The standard InChI is InChI=1S/C33H57O13P/c1-3-5-7-9-10-11-12-13-14-15-16-18-20-22-27(35)45-25(23-43-26(34)21-19-17-8-6-4-2)24-44-47(41,42)46-33-31(39)29(37)28(36)30(38)32(33)40/h5,7,10-11,13-14,25,28-33,36-40H,3-4,6,8-9,12,15-24H2,1-2H3,(H,41,42)/b7-5-,11-10-,14-13-. The molecule has 0 aromatic carbocycles. The van der Waals surface area contributed by atoms with Crippen LogP contribution in [0, 0.1) is 0 Å². The topological polar surface area (TPSA) is 210 Å². The molecule has 272 valence electrons. The zero-order chi connectivity index (χ0) is 35.1. The largest absolute Gasteiger partial charge is 0.472 e. The molecule has 47 heavy (non-hydrogen) atoms. The van der Waals surface area contributed by atoms with Gasteiger partial charge in [-0.05, 0) is 44.9 Å². The van der Waals surface area contributed by atoms with E-state index in [2.05, 4.69) is 50.3 Å². The molecule has 1 aliphatic rings. The first kappa shape index (κ1) is 43.1. The predicted octanol–water partition coefficient (Wildman–Crippen LogP) is 3.93. The summed E-state index contributed by atoms with van der Waals surface area (Å²) >= 11 is 0. The maximum atomic E-state index is 12.6. The van der Waals surface area contributed by atoms with Gasteiger partial charge in [0, 0.05) is 12.8 Å². The van der Waals surface area contributed by atoms with Gasteiger partial charge in [0.2, 0.25) is 0 Å². The summed E-state index contributed by atoms with van der Waals surface area (Å²) in [4.78, 5) is 35.0. The van der Waals surface area contributed by atoms with E-state index in [-0.39, 0.29) is 12.8 Å². The third-order valence-corrected chi connectivity index (χ3v) is 8.48. The number of hydrogen-bond donors (Lipinski definition) is 6. The van der Waals surface area contributed by atoms with Gasteiger partial charge in [-0.25, -0.2) is 4.57 Å². The van der Waals surface area contributed by atoms with Crippen molar-refractivity contribution >= 4 is 19.8 Å². The van der Waals surface area contributed by atoms with E-state index in [1.54, 1.807) is 0 Å². The zero-order valence-corrected chi connectivity index (χ0v) is 28.7. The average molecular weight is 693 g/mol. The van der Waals surface area contributed by atoms with E-state index >= 15 is 0 Å². The van der Waals surface area contributed by atoms with Gasteiger partial charge in [0.15, 0.2) is 6.10 Å². The van der Waals surface area contributed by atoms with Gasteiger partial charge in [0.25, 0.3) is 0 Å². The molecule has 0 aromatic heterocycles. The van der Waals surface area contributed by atoms with Gasteiger partial charge < -0.3 is 39.9 Å². The van der Waals surface area contributed by atoms with Crippen molar-refractivity contribution in [3.8, 4) is 0 Å². The van der Waals surface area contributed by atoms with Crippen molar-refractivity contribution in [2.24, 2.45) is 0 Å². The fourth-order valence-corrected chi connectivity index (χ4v) is 5.68. The van der Waals surface area contributed by atoms with Crippen molar-refractivity contribution in [3.63, 3.8) is 0 Å². The van der Waals surface area contributed by atoms with Crippen LogP contribution in [0.1, 0.15) is 104 Å². The Bertz CT molecular complexity index is 985. The van der Waals surface area contributed by atoms with E-state index in [4.69, 9.17) is 18.5 Å². The van der Waals surface area contributed by atoms with Crippen molar-refractivity contribution in [1.82, 2.24) is 0 Å². The fraction of sp³-hybridized carbons (Fsp3) is 0.758. The Balaban J connectivity index is 2.60. The monoisotopic (exact) mass is 692 g/mol. The molecule has 0 bridgehead atoms. The molecule has 1 fully saturated rings. The molecule has 1 aliphatic carbocycles. The van der Waals surface area contributed by atoms with Crippen LogP contribution in [0.3, 0.4) is 0 Å². The number of esters is 2. The summed E-state index contributed by atoms with van der Waals surface area (Å²) in [6.45, 7) is 2.98. The summed E-state index contributed by atoms with van der Waals surface area (Å²) in [6.07, 6.45) is 10.1. The van der Waals surface area contributed by atoms with Crippen molar-refractivity contribution in [2.45, 2.75) is 146 Å². The van der Waals surface area contributed by atoms with Crippen LogP contribution in [0.4, 0.5) is 0 Å². The molecule has 0 heterocycles. The highest BCUT2D eigenvalue weighted by atomic mass is 31.2. The summed E-state index contributed by atoms with van der Waals surface area (Å²) in [6, 6.07) is 0. The van der Waals surface area contributed by atoms with Crippen LogP contribution < -0.4 is 0 Å². The number of phosphoric ester groups is 1. The third kappa shape index (κ3) is 19.0. The Morgan fingerprint density at radius 2 is 1.21 bits per heavy atom. The summed E-state index contributed by atoms with van der Waals surface area (Å²) in [5.41, 5.74) is 0. The second-order valence-electron chi connectivity index (χ2n) is 11.6. The van der Waals surface area contributed by atoms with Crippen LogP contribution in [0.25, 0.3) is 0 Å². The highest BCUT2D eigenvalue weighted by Gasteiger charge is 2.51. The first-order valence-electron chi connectivity index (χ1n) is 16.8. The fourth-order valence-electron chi connectivity index (χ4n) is 4.71. The normalized spacial score (nSPS) is 25.4. The third-order valence-electron chi connectivity index (χ3n) is 7.50. The van der Waals surface area contributed by atoms with E-state index in [1.165, 1.54) is 0 Å². The van der Waals surface area contributed by atoms with Crippen LogP contribution in [-0.4, -0.2) is 98.3 Å². The lowest BCUT2D eigenvalue weighted by atomic mass is 9.85.